The summed E-state index contributed by atoms with van der Waals surface area (Å²) in [6.45, 7) is 7.52. The van der Waals surface area contributed by atoms with Crippen LogP contribution < -0.4 is 10.2 Å². The van der Waals surface area contributed by atoms with Crippen molar-refractivity contribution in [2.45, 2.75) is 13.0 Å². The fraction of sp³-hybridized carbons (Fsp3) is 0.444. The molecule has 4 nitrogen and oxygen atoms in total. The van der Waals surface area contributed by atoms with Crippen LogP contribution in [0.25, 0.3) is 11.3 Å². The summed E-state index contributed by atoms with van der Waals surface area (Å²) >= 11 is 0. The molecule has 0 spiro atoms. The van der Waals surface area contributed by atoms with Crippen molar-refractivity contribution < 1.29 is 19.4 Å². The average Bonchev–Trinajstić information content (AvgIpc) is 3.05. The minimum atomic E-state index is 0.922. The highest BCUT2D eigenvalue weighted by atomic mass is 16.5. The fourth-order valence-corrected chi connectivity index (χ4v) is 2.90. The number of rotatable bonds is 7. The molecule has 1 fully saturated rings. The zero-order valence-corrected chi connectivity index (χ0v) is 13.1. The summed E-state index contributed by atoms with van der Waals surface area (Å²) in [5.74, 6) is 2.01. The molecule has 3 rings (SSSR count). The van der Waals surface area contributed by atoms with Gasteiger partial charge in [0.25, 0.3) is 0 Å². The van der Waals surface area contributed by atoms with Crippen molar-refractivity contribution in [1.29, 1.82) is 0 Å². The number of hydrogen-bond donors (Lipinski definition) is 2. The Kier molecular flexibility index (Phi) is 5.65. The molecule has 1 aliphatic rings. The molecule has 0 unspecified atom stereocenters. The van der Waals surface area contributed by atoms with Gasteiger partial charge in [0.2, 0.25) is 0 Å². The molecule has 22 heavy (non-hydrogen) atoms. The maximum atomic E-state index is 5.91. The zero-order chi connectivity index (χ0) is 15.0. The molecule has 4 heteroatoms. The van der Waals surface area contributed by atoms with E-state index < -0.39 is 0 Å². The van der Waals surface area contributed by atoms with Gasteiger partial charge < -0.3 is 19.4 Å². The van der Waals surface area contributed by atoms with Crippen LogP contribution in [0.3, 0.4) is 0 Å². The van der Waals surface area contributed by atoms with E-state index in [0.717, 1.165) is 43.4 Å². The van der Waals surface area contributed by atoms with E-state index in [2.05, 4.69) is 29.6 Å². The van der Waals surface area contributed by atoms with E-state index in [1.165, 1.54) is 26.1 Å². The molecule has 0 atom stereocenters. The first kappa shape index (κ1) is 15.3. The van der Waals surface area contributed by atoms with Gasteiger partial charge in [0.05, 0.1) is 26.3 Å². The molecule has 1 aromatic heterocycles. The Morgan fingerprint density at radius 3 is 2.64 bits per heavy atom. The van der Waals surface area contributed by atoms with E-state index in [1.54, 1.807) is 4.90 Å². The van der Waals surface area contributed by atoms with Crippen molar-refractivity contribution in [3.63, 3.8) is 0 Å². The highest BCUT2D eigenvalue weighted by molar-refractivity contribution is 5.57. The first-order chi connectivity index (χ1) is 10.9. The smallest absolute Gasteiger partial charge is 0.158 e. The minimum Gasteiger partial charge on any atom is -0.455 e. The summed E-state index contributed by atoms with van der Waals surface area (Å²) in [4.78, 5) is 1.68. The number of nitrogens with one attached hydrogen (secondary N) is 1. The summed E-state index contributed by atoms with van der Waals surface area (Å²) in [5.41, 5.74) is 1.14. The maximum Gasteiger partial charge on any atom is 0.158 e. The number of quaternary nitrogens is 2. The Morgan fingerprint density at radius 1 is 1.00 bits per heavy atom. The standard InChI is InChI=1S/C18H24N2O2/c1-2-5-16(6-3-1)18-8-7-17(22-18)15-19-9-4-10-20-11-13-21-14-12-20/h1-3,5-8,19H,4,9-15H2/p+2. The highest BCUT2D eigenvalue weighted by Gasteiger charge is 2.13. The summed E-state index contributed by atoms with van der Waals surface area (Å²) in [6, 6.07) is 14.4. The van der Waals surface area contributed by atoms with Crippen molar-refractivity contribution in [1.82, 2.24) is 0 Å². The van der Waals surface area contributed by atoms with Crippen LogP contribution in [0.2, 0.25) is 0 Å². The molecule has 3 N–H and O–H groups in total. The lowest BCUT2D eigenvalue weighted by molar-refractivity contribution is -0.909. The molecule has 2 heterocycles. The number of morpholine rings is 1. The van der Waals surface area contributed by atoms with Crippen LogP contribution in [-0.2, 0) is 11.3 Å². The van der Waals surface area contributed by atoms with Gasteiger partial charge in [-0.2, -0.15) is 0 Å². The zero-order valence-electron chi connectivity index (χ0n) is 13.1. The van der Waals surface area contributed by atoms with Crippen LogP contribution in [0, 0.1) is 0 Å². The predicted molar refractivity (Wildman–Crippen MR) is 85.6 cm³/mol. The molecule has 0 saturated carbocycles. The molecular formula is C18H26N2O2+2. The number of nitrogens with two attached hydrogens (primary N) is 1. The van der Waals surface area contributed by atoms with Gasteiger partial charge in [-0.25, -0.2) is 0 Å². The van der Waals surface area contributed by atoms with Crippen LogP contribution in [-0.4, -0.2) is 39.4 Å². The third kappa shape index (κ3) is 4.44. The second-order valence-electron chi connectivity index (χ2n) is 5.88. The summed E-state index contributed by atoms with van der Waals surface area (Å²) in [6.07, 6.45) is 1.25. The van der Waals surface area contributed by atoms with E-state index in [4.69, 9.17) is 9.15 Å². The molecular weight excluding hydrogens is 276 g/mol. The molecule has 0 radical (unpaired) electrons. The van der Waals surface area contributed by atoms with Gasteiger partial charge in [0.1, 0.15) is 25.4 Å². The number of furan rings is 1. The van der Waals surface area contributed by atoms with Gasteiger partial charge in [-0.15, -0.1) is 0 Å². The van der Waals surface area contributed by atoms with Crippen molar-refractivity contribution in [2.75, 3.05) is 39.4 Å². The maximum absolute atomic E-state index is 5.91. The van der Waals surface area contributed by atoms with Crippen LogP contribution >= 0.6 is 0 Å². The van der Waals surface area contributed by atoms with E-state index >= 15 is 0 Å². The number of hydrogen-bond acceptors (Lipinski definition) is 2. The third-order valence-corrected chi connectivity index (χ3v) is 4.20. The lowest BCUT2D eigenvalue weighted by Gasteiger charge is -2.23. The average molecular weight is 302 g/mol. The van der Waals surface area contributed by atoms with Gasteiger partial charge >= 0.3 is 0 Å². The van der Waals surface area contributed by atoms with Crippen molar-refractivity contribution in [3.05, 3.63) is 48.2 Å². The van der Waals surface area contributed by atoms with Crippen LogP contribution in [0.1, 0.15) is 12.2 Å². The molecule has 0 amide bonds. The highest BCUT2D eigenvalue weighted by Crippen LogP contribution is 2.21. The van der Waals surface area contributed by atoms with Gasteiger partial charge in [-0.1, -0.05) is 30.3 Å². The Bertz CT molecular complexity index is 547. The lowest BCUT2D eigenvalue weighted by Crippen LogP contribution is -3.14. The molecule has 1 saturated heterocycles. The Morgan fingerprint density at radius 2 is 1.82 bits per heavy atom. The molecule has 0 bridgehead atoms. The van der Waals surface area contributed by atoms with Crippen molar-refractivity contribution in [2.24, 2.45) is 0 Å². The van der Waals surface area contributed by atoms with Crippen molar-refractivity contribution in [3.8, 4) is 11.3 Å². The topological polar surface area (TPSA) is 43.4 Å². The van der Waals surface area contributed by atoms with Gasteiger partial charge in [-0.05, 0) is 12.1 Å². The number of benzene rings is 1. The molecule has 118 valence electrons. The van der Waals surface area contributed by atoms with Gasteiger partial charge in [0.15, 0.2) is 5.76 Å². The van der Waals surface area contributed by atoms with Crippen LogP contribution in [0.4, 0.5) is 0 Å². The van der Waals surface area contributed by atoms with E-state index in [9.17, 15) is 0 Å². The number of ether oxygens (including phenoxy) is 1. The molecule has 1 aromatic carbocycles. The summed E-state index contributed by atoms with van der Waals surface area (Å²) < 4.78 is 11.3. The molecule has 1 aliphatic heterocycles. The molecule has 2 aromatic rings. The van der Waals surface area contributed by atoms with Gasteiger partial charge in [0, 0.05) is 12.0 Å². The third-order valence-electron chi connectivity index (χ3n) is 4.20. The first-order valence-electron chi connectivity index (χ1n) is 8.29. The van der Waals surface area contributed by atoms with Gasteiger partial charge in [-0.3, -0.25) is 0 Å². The Labute approximate surface area is 132 Å². The van der Waals surface area contributed by atoms with Crippen molar-refractivity contribution >= 4 is 0 Å². The normalized spacial score (nSPS) is 16.0. The van der Waals surface area contributed by atoms with E-state index in [1.807, 2.05) is 18.2 Å². The van der Waals surface area contributed by atoms with Crippen LogP contribution in [0.15, 0.2) is 46.9 Å². The first-order valence-corrected chi connectivity index (χ1v) is 8.29. The summed E-state index contributed by atoms with van der Waals surface area (Å²) in [7, 11) is 0. The Balaban J connectivity index is 1.36. The minimum absolute atomic E-state index is 0.922. The second kappa shape index (κ2) is 8.13. The SMILES string of the molecule is c1ccc(-c2ccc(C[NH2+]CCC[NH+]3CCOCC3)o2)cc1. The monoisotopic (exact) mass is 302 g/mol. The lowest BCUT2D eigenvalue weighted by atomic mass is 10.2. The molecule has 0 aliphatic carbocycles. The second-order valence-corrected chi connectivity index (χ2v) is 5.88. The fourth-order valence-electron chi connectivity index (χ4n) is 2.90. The summed E-state index contributed by atoms with van der Waals surface area (Å²) in [5, 5.41) is 2.34. The largest absolute Gasteiger partial charge is 0.455 e. The van der Waals surface area contributed by atoms with Crippen LogP contribution in [0.5, 0.6) is 0 Å². The van der Waals surface area contributed by atoms with E-state index in [-0.39, 0.29) is 0 Å². The predicted octanol–water partition coefficient (Wildman–Crippen LogP) is 0.315. The Hall–Kier alpha value is -1.62. The van der Waals surface area contributed by atoms with E-state index in [0.29, 0.717) is 0 Å². The quantitative estimate of drug-likeness (QED) is 0.723.